The molecule has 1 heterocycles. The van der Waals surface area contributed by atoms with E-state index in [4.69, 9.17) is 0 Å². The fourth-order valence-corrected chi connectivity index (χ4v) is 3.39. The summed E-state index contributed by atoms with van der Waals surface area (Å²) in [5.74, 6) is -0.660. The maximum Gasteiger partial charge on any atom is 0.176 e. The number of rotatable bonds is 4. The molecular weight excluding hydrogens is 386 g/mol. The van der Waals surface area contributed by atoms with Gasteiger partial charge in [-0.1, -0.05) is 28.1 Å². The summed E-state index contributed by atoms with van der Waals surface area (Å²) in [6, 6.07) is 11.8. The molecular formula is C19H20BrNO4. The standard InChI is InChI=1S/C19H20BrNO4/c20-15-4-2-14(3-5-15)19(25)7-9-21(10-8-19)12-18(24)13-1-6-16(22)17(23)11-13/h1-6,11,22-23,25H,7-10,12H2. The molecule has 25 heavy (non-hydrogen) atoms. The van der Waals surface area contributed by atoms with E-state index in [1.807, 2.05) is 29.2 Å². The number of aliphatic hydroxyl groups is 1. The summed E-state index contributed by atoms with van der Waals surface area (Å²) < 4.78 is 0.972. The normalized spacial score (nSPS) is 17.4. The minimum absolute atomic E-state index is 0.121. The SMILES string of the molecule is O=C(CN1CCC(O)(c2ccc(Br)cc2)CC1)c1ccc(O)c(O)c1. The Kier molecular flexibility index (Phi) is 5.13. The number of likely N-dealkylation sites (tertiary alicyclic amines) is 1. The van der Waals surface area contributed by atoms with Crippen LogP contribution in [-0.2, 0) is 5.60 Å². The fraction of sp³-hybridized carbons (Fsp3) is 0.316. The average Bonchev–Trinajstić information content (AvgIpc) is 2.60. The molecule has 2 aromatic carbocycles. The van der Waals surface area contributed by atoms with E-state index in [1.165, 1.54) is 18.2 Å². The van der Waals surface area contributed by atoms with Crippen molar-refractivity contribution in [3.8, 4) is 11.5 Å². The number of nitrogens with zero attached hydrogens (tertiary/aromatic N) is 1. The predicted molar refractivity (Wildman–Crippen MR) is 97.8 cm³/mol. The summed E-state index contributed by atoms with van der Waals surface area (Å²) in [6.07, 6.45) is 1.12. The van der Waals surface area contributed by atoms with Gasteiger partial charge >= 0.3 is 0 Å². The van der Waals surface area contributed by atoms with Gasteiger partial charge in [0.25, 0.3) is 0 Å². The summed E-state index contributed by atoms with van der Waals surface area (Å²) in [6.45, 7) is 1.45. The van der Waals surface area contributed by atoms with Crippen LogP contribution in [0.3, 0.4) is 0 Å². The molecule has 3 N–H and O–H groups in total. The van der Waals surface area contributed by atoms with Crippen molar-refractivity contribution in [2.75, 3.05) is 19.6 Å². The first-order valence-corrected chi connectivity index (χ1v) is 8.93. The van der Waals surface area contributed by atoms with Crippen molar-refractivity contribution >= 4 is 21.7 Å². The molecule has 1 fully saturated rings. The highest BCUT2D eigenvalue weighted by Gasteiger charge is 2.34. The van der Waals surface area contributed by atoms with Crippen LogP contribution in [0, 0.1) is 0 Å². The molecule has 0 bridgehead atoms. The molecule has 132 valence electrons. The summed E-state index contributed by atoms with van der Waals surface area (Å²) in [4.78, 5) is 14.3. The summed E-state index contributed by atoms with van der Waals surface area (Å²) >= 11 is 3.39. The zero-order valence-electron chi connectivity index (χ0n) is 13.7. The lowest BCUT2D eigenvalue weighted by Crippen LogP contribution is -2.44. The zero-order valence-corrected chi connectivity index (χ0v) is 15.2. The minimum atomic E-state index is -0.864. The lowest BCUT2D eigenvalue weighted by atomic mass is 9.84. The Morgan fingerprint density at radius 2 is 1.68 bits per heavy atom. The van der Waals surface area contributed by atoms with Crippen LogP contribution in [0.5, 0.6) is 11.5 Å². The molecule has 0 aromatic heterocycles. The highest BCUT2D eigenvalue weighted by Crippen LogP contribution is 2.33. The van der Waals surface area contributed by atoms with Crippen LogP contribution in [0.25, 0.3) is 0 Å². The van der Waals surface area contributed by atoms with E-state index in [0.29, 0.717) is 31.5 Å². The third kappa shape index (κ3) is 4.03. The van der Waals surface area contributed by atoms with Crippen LogP contribution >= 0.6 is 15.9 Å². The molecule has 1 aliphatic heterocycles. The second-order valence-corrected chi connectivity index (χ2v) is 7.36. The predicted octanol–water partition coefficient (Wildman–Crippen LogP) is 3.03. The molecule has 1 aliphatic rings. The van der Waals surface area contributed by atoms with Gasteiger partial charge < -0.3 is 15.3 Å². The van der Waals surface area contributed by atoms with Crippen molar-refractivity contribution in [1.29, 1.82) is 0 Å². The van der Waals surface area contributed by atoms with Crippen LogP contribution in [-0.4, -0.2) is 45.6 Å². The molecule has 0 atom stereocenters. The van der Waals surface area contributed by atoms with E-state index >= 15 is 0 Å². The van der Waals surface area contributed by atoms with Gasteiger partial charge in [-0.15, -0.1) is 0 Å². The molecule has 1 saturated heterocycles. The molecule has 3 rings (SSSR count). The van der Waals surface area contributed by atoms with Gasteiger partial charge in [0, 0.05) is 23.1 Å². The molecule has 0 amide bonds. The number of halogens is 1. The van der Waals surface area contributed by atoms with E-state index in [9.17, 15) is 20.1 Å². The number of hydrogen-bond acceptors (Lipinski definition) is 5. The first-order chi connectivity index (χ1) is 11.9. The van der Waals surface area contributed by atoms with Gasteiger partial charge in [-0.2, -0.15) is 0 Å². The van der Waals surface area contributed by atoms with E-state index in [0.717, 1.165) is 10.0 Å². The number of piperidine rings is 1. The van der Waals surface area contributed by atoms with Gasteiger partial charge in [0.1, 0.15) is 0 Å². The van der Waals surface area contributed by atoms with Crippen molar-refractivity contribution in [2.45, 2.75) is 18.4 Å². The number of ketones is 1. The Bertz CT molecular complexity index is 767. The van der Waals surface area contributed by atoms with Gasteiger partial charge in [0.15, 0.2) is 17.3 Å². The van der Waals surface area contributed by atoms with E-state index in [2.05, 4.69) is 15.9 Å². The highest BCUT2D eigenvalue weighted by molar-refractivity contribution is 9.10. The summed E-state index contributed by atoms with van der Waals surface area (Å²) in [7, 11) is 0. The quantitative estimate of drug-likeness (QED) is 0.537. The first kappa shape index (κ1) is 17.9. The number of Topliss-reactive ketones (excluding diaryl/α,β-unsaturated/α-hetero) is 1. The van der Waals surface area contributed by atoms with Crippen LogP contribution in [0.15, 0.2) is 46.9 Å². The van der Waals surface area contributed by atoms with Crippen LogP contribution < -0.4 is 0 Å². The van der Waals surface area contributed by atoms with E-state index in [1.54, 1.807) is 0 Å². The van der Waals surface area contributed by atoms with Gasteiger partial charge in [-0.05, 0) is 48.7 Å². The van der Waals surface area contributed by atoms with Crippen LogP contribution in [0.1, 0.15) is 28.8 Å². The van der Waals surface area contributed by atoms with Gasteiger partial charge in [0.2, 0.25) is 0 Å². The molecule has 0 aliphatic carbocycles. The van der Waals surface area contributed by atoms with Crippen molar-refractivity contribution in [2.24, 2.45) is 0 Å². The lowest BCUT2D eigenvalue weighted by Gasteiger charge is -2.38. The molecule has 0 spiro atoms. The number of phenolic OH excluding ortho intramolecular Hbond substituents is 2. The highest BCUT2D eigenvalue weighted by atomic mass is 79.9. The monoisotopic (exact) mass is 405 g/mol. The Morgan fingerprint density at radius 3 is 2.28 bits per heavy atom. The largest absolute Gasteiger partial charge is 0.504 e. The number of benzene rings is 2. The van der Waals surface area contributed by atoms with Crippen LogP contribution in [0.2, 0.25) is 0 Å². The second-order valence-electron chi connectivity index (χ2n) is 6.44. The smallest absolute Gasteiger partial charge is 0.176 e. The molecule has 0 radical (unpaired) electrons. The maximum atomic E-state index is 12.3. The fourth-order valence-electron chi connectivity index (χ4n) is 3.12. The molecule has 6 heteroatoms. The van der Waals surface area contributed by atoms with Gasteiger partial charge in [-0.25, -0.2) is 0 Å². The lowest BCUT2D eigenvalue weighted by molar-refractivity contribution is -0.0245. The van der Waals surface area contributed by atoms with Crippen molar-refractivity contribution < 1.29 is 20.1 Å². The molecule has 2 aromatic rings. The third-order valence-corrected chi connectivity index (χ3v) is 5.26. The molecule has 0 saturated carbocycles. The topological polar surface area (TPSA) is 81.0 Å². The van der Waals surface area contributed by atoms with Crippen molar-refractivity contribution in [1.82, 2.24) is 4.90 Å². The average molecular weight is 406 g/mol. The summed E-state index contributed by atoms with van der Waals surface area (Å²) in [5, 5.41) is 29.7. The number of phenols is 2. The zero-order chi connectivity index (χ0) is 18.0. The number of carbonyl (C=O) groups excluding carboxylic acids is 1. The van der Waals surface area contributed by atoms with E-state index < -0.39 is 5.60 Å². The Morgan fingerprint density at radius 1 is 1.04 bits per heavy atom. The molecule has 5 nitrogen and oxygen atoms in total. The maximum absolute atomic E-state index is 12.3. The van der Waals surface area contributed by atoms with Crippen LogP contribution in [0.4, 0.5) is 0 Å². The summed E-state index contributed by atoms with van der Waals surface area (Å²) in [5.41, 5.74) is 0.394. The second kappa shape index (κ2) is 7.15. The Hall–Kier alpha value is -1.89. The van der Waals surface area contributed by atoms with Gasteiger partial charge in [0.05, 0.1) is 12.1 Å². The Balaban J connectivity index is 1.61. The number of carbonyl (C=O) groups is 1. The minimum Gasteiger partial charge on any atom is -0.504 e. The molecule has 0 unspecified atom stereocenters. The van der Waals surface area contributed by atoms with Gasteiger partial charge in [-0.3, -0.25) is 9.69 Å². The van der Waals surface area contributed by atoms with Crippen molar-refractivity contribution in [3.05, 3.63) is 58.1 Å². The third-order valence-electron chi connectivity index (χ3n) is 4.73. The Labute approximate surface area is 154 Å². The number of aromatic hydroxyl groups is 2. The van der Waals surface area contributed by atoms with E-state index in [-0.39, 0.29) is 23.8 Å². The first-order valence-electron chi connectivity index (χ1n) is 8.13. The number of hydrogen-bond donors (Lipinski definition) is 3. The van der Waals surface area contributed by atoms with Crippen molar-refractivity contribution in [3.63, 3.8) is 0 Å².